The first-order valence-electron chi connectivity index (χ1n) is 10.4. The monoisotopic (exact) mass is 464 g/mol. The number of fused-ring (bicyclic) bond motifs is 2. The molecule has 33 heavy (non-hydrogen) atoms. The molecule has 9 heteroatoms. The molecule has 5 rings (SSSR count). The number of hydrogen-bond donors (Lipinski definition) is 0. The van der Waals surface area contributed by atoms with Crippen molar-refractivity contribution >= 4 is 23.2 Å². The first-order chi connectivity index (χ1) is 16.0. The highest BCUT2D eigenvalue weighted by atomic mass is 35.5. The maximum Gasteiger partial charge on any atom is 0.252 e. The van der Waals surface area contributed by atoms with Crippen molar-refractivity contribution in [2.75, 3.05) is 21.3 Å². The van der Waals surface area contributed by atoms with Crippen LogP contribution in [0.5, 0.6) is 17.2 Å². The Hall–Kier alpha value is -3.65. The van der Waals surface area contributed by atoms with Crippen LogP contribution in [0.15, 0.2) is 42.6 Å². The predicted molar refractivity (Wildman–Crippen MR) is 123 cm³/mol. The average Bonchev–Trinajstić information content (AvgIpc) is 3.25. The zero-order valence-corrected chi connectivity index (χ0v) is 19.1. The van der Waals surface area contributed by atoms with Gasteiger partial charge in [0.05, 0.1) is 32.6 Å². The molecule has 1 aliphatic rings. The van der Waals surface area contributed by atoms with Crippen LogP contribution in [-0.4, -0.2) is 46.7 Å². The van der Waals surface area contributed by atoms with Gasteiger partial charge in [-0.3, -0.25) is 4.79 Å². The Morgan fingerprint density at radius 2 is 1.67 bits per heavy atom. The van der Waals surface area contributed by atoms with Gasteiger partial charge in [0.25, 0.3) is 5.78 Å². The van der Waals surface area contributed by atoms with E-state index < -0.39 is 0 Å². The number of carbonyl (C=O) groups is 1. The van der Waals surface area contributed by atoms with Crippen molar-refractivity contribution in [3.63, 3.8) is 0 Å². The molecule has 0 bridgehead atoms. The minimum atomic E-state index is -0.0766. The number of hydrogen-bond acceptors (Lipinski definition) is 7. The quantitative estimate of drug-likeness (QED) is 0.433. The lowest BCUT2D eigenvalue weighted by Gasteiger charge is -2.24. The molecule has 0 saturated heterocycles. The maximum atomic E-state index is 13.1. The van der Waals surface area contributed by atoms with Gasteiger partial charge in [0.1, 0.15) is 0 Å². The Morgan fingerprint density at radius 1 is 0.970 bits per heavy atom. The molecule has 8 nitrogen and oxygen atoms in total. The molecule has 2 aromatic heterocycles. The van der Waals surface area contributed by atoms with Gasteiger partial charge < -0.3 is 14.2 Å². The second kappa shape index (κ2) is 8.37. The Bertz CT molecular complexity index is 1340. The topological polar surface area (TPSA) is 87.8 Å². The molecule has 2 aromatic carbocycles. The second-order valence-electron chi connectivity index (χ2n) is 7.78. The highest BCUT2D eigenvalue weighted by Gasteiger charge is 2.30. The fourth-order valence-corrected chi connectivity index (χ4v) is 4.30. The molecule has 0 unspecified atom stereocenters. The number of nitrogens with zero attached hydrogens (tertiary/aromatic N) is 4. The zero-order valence-electron chi connectivity index (χ0n) is 18.3. The van der Waals surface area contributed by atoms with Crippen LogP contribution in [0.1, 0.15) is 34.0 Å². The summed E-state index contributed by atoms with van der Waals surface area (Å²) in [5.74, 6) is 2.52. The number of ketones is 1. The van der Waals surface area contributed by atoms with Crippen molar-refractivity contribution in [1.29, 1.82) is 0 Å². The first-order valence-corrected chi connectivity index (χ1v) is 10.7. The molecular formula is C24H21ClN4O4. The summed E-state index contributed by atoms with van der Waals surface area (Å²) in [6.45, 7) is 0. The summed E-state index contributed by atoms with van der Waals surface area (Å²) in [4.78, 5) is 22.3. The van der Waals surface area contributed by atoms with E-state index in [0.29, 0.717) is 58.0 Å². The molecule has 0 N–H and O–H groups in total. The van der Waals surface area contributed by atoms with Crippen LogP contribution in [0.3, 0.4) is 0 Å². The van der Waals surface area contributed by atoms with E-state index in [1.807, 2.05) is 24.3 Å². The van der Waals surface area contributed by atoms with Crippen molar-refractivity contribution in [1.82, 2.24) is 19.6 Å². The highest BCUT2D eigenvalue weighted by Crippen LogP contribution is 2.42. The van der Waals surface area contributed by atoms with Gasteiger partial charge in [-0.2, -0.15) is 4.98 Å². The SMILES string of the molecule is COc1cc([C@H]2CC(=O)c3cn4nc(-c5ccc(Cl)cc5)nc4nc3C2)cc(OC)c1OC. The van der Waals surface area contributed by atoms with Crippen molar-refractivity contribution in [3.05, 3.63) is 64.4 Å². The van der Waals surface area contributed by atoms with Gasteiger partial charge in [0.2, 0.25) is 5.75 Å². The molecule has 1 aliphatic carbocycles. The standard InChI is InChI=1S/C24H21ClN4O4/c1-31-20-10-15(11-21(32-2)22(20)33-3)14-8-18-17(19(30)9-14)12-29-24(26-18)27-23(28-29)13-4-6-16(25)7-5-13/h4-7,10-12,14H,8-9H2,1-3H3/t14-/m1/s1. The highest BCUT2D eigenvalue weighted by molar-refractivity contribution is 6.30. The number of rotatable bonds is 5. The minimum absolute atomic E-state index is 0.00736. The number of ether oxygens (including phenoxy) is 3. The number of Topliss-reactive ketones (excluding diaryl/α,β-unsaturated/α-hetero) is 1. The number of benzene rings is 2. The molecule has 2 heterocycles. The third kappa shape index (κ3) is 3.76. The van der Waals surface area contributed by atoms with E-state index >= 15 is 0 Å². The molecule has 0 radical (unpaired) electrons. The van der Waals surface area contributed by atoms with Crippen molar-refractivity contribution in [2.24, 2.45) is 0 Å². The summed E-state index contributed by atoms with van der Waals surface area (Å²) >= 11 is 5.98. The normalized spacial score (nSPS) is 15.4. The molecule has 0 aliphatic heterocycles. The zero-order chi connectivity index (χ0) is 23.1. The van der Waals surface area contributed by atoms with E-state index in [4.69, 9.17) is 25.8 Å². The van der Waals surface area contributed by atoms with Gasteiger partial charge in [-0.25, -0.2) is 9.50 Å². The lowest BCUT2D eigenvalue weighted by molar-refractivity contribution is 0.0962. The van der Waals surface area contributed by atoms with Gasteiger partial charge in [-0.1, -0.05) is 11.6 Å². The average molecular weight is 465 g/mol. The van der Waals surface area contributed by atoms with Crippen LogP contribution in [0.25, 0.3) is 17.2 Å². The second-order valence-corrected chi connectivity index (χ2v) is 8.21. The van der Waals surface area contributed by atoms with Crippen LogP contribution in [0.2, 0.25) is 5.02 Å². The summed E-state index contributed by atoms with van der Waals surface area (Å²) in [6.07, 6.45) is 2.65. The molecule has 0 amide bonds. The Kier molecular flexibility index (Phi) is 5.38. The number of halogens is 1. The number of aromatic nitrogens is 4. The van der Waals surface area contributed by atoms with Crippen molar-refractivity contribution in [3.8, 4) is 28.6 Å². The summed E-state index contributed by atoms with van der Waals surface area (Å²) in [6, 6.07) is 11.0. The van der Waals surface area contributed by atoms with Gasteiger partial charge in [-0.05, 0) is 54.3 Å². The van der Waals surface area contributed by atoms with E-state index in [-0.39, 0.29) is 11.7 Å². The molecule has 4 aromatic rings. The van der Waals surface area contributed by atoms with Crippen LogP contribution in [0.4, 0.5) is 0 Å². The minimum Gasteiger partial charge on any atom is -0.493 e. The predicted octanol–water partition coefficient (Wildman–Crippen LogP) is 4.38. The molecule has 168 valence electrons. The van der Waals surface area contributed by atoms with Gasteiger partial charge in [0.15, 0.2) is 23.1 Å². The molecular weight excluding hydrogens is 444 g/mol. The fourth-order valence-electron chi connectivity index (χ4n) is 4.18. The van der Waals surface area contributed by atoms with E-state index in [2.05, 4.69) is 15.1 Å². The van der Waals surface area contributed by atoms with Crippen molar-refractivity contribution < 1.29 is 19.0 Å². The van der Waals surface area contributed by atoms with Crippen LogP contribution < -0.4 is 14.2 Å². The van der Waals surface area contributed by atoms with Crippen LogP contribution in [-0.2, 0) is 6.42 Å². The third-order valence-corrected chi connectivity index (χ3v) is 6.10. The van der Waals surface area contributed by atoms with E-state index in [9.17, 15) is 4.79 Å². The fraction of sp³-hybridized carbons (Fsp3) is 0.250. The number of carbonyl (C=O) groups excluding carboxylic acids is 1. The molecule has 1 atom stereocenters. The molecule has 0 fully saturated rings. The van der Waals surface area contributed by atoms with Crippen LogP contribution in [0, 0.1) is 0 Å². The van der Waals surface area contributed by atoms with Gasteiger partial charge in [0, 0.05) is 23.2 Å². The molecule has 0 saturated carbocycles. The van der Waals surface area contributed by atoms with Gasteiger partial charge in [-0.15, -0.1) is 5.10 Å². The van der Waals surface area contributed by atoms with Gasteiger partial charge >= 0.3 is 0 Å². The summed E-state index contributed by atoms with van der Waals surface area (Å²) < 4.78 is 17.9. The smallest absolute Gasteiger partial charge is 0.252 e. The lowest BCUT2D eigenvalue weighted by Crippen LogP contribution is -2.21. The maximum absolute atomic E-state index is 13.1. The van der Waals surface area contributed by atoms with E-state index in [1.165, 1.54) is 0 Å². The third-order valence-electron chi connectivity index (χ3n) is 5.84. The Morgan fingerprint density at radius 3 is 2.30 bits per heavy atom. The van der Waals surface area contributed by atoms with E-state index in [1.54, 1.807) is 44.2 Å². The summed E-state index contributed by atoms with van der Waals surface area (Å²) in [7, 11) is 4.71. The Labute approximate surface area is 195 Å². The largest absolute Gasteiger partial charge is 0.493 e. The summed E-state index contributed by atoms with van der Waals surface area (Å²) in [5, 5.41) is 5.14. The van der Waals surface area contributed by atoms with Crippen molar-refractivity contribution in [2.45, 2.75) is 18.8 Å². The first kappa shape index (κ1) is 21.2. The van der Waals surface area contributed by atoms with Crippen LogP contribution >= 0.6 is 11.6 Å². The Balaban J connectivity index is 1.53. The van der Waals surface area contributed by atoms with E-state index in [0.717, 1.165) is 11.1 Å². The lowest BCUT2D eigenvalue weighted by atomic mass is 9.82. The number of methoxy groups -OCH3 is 3. The summed E-state index contributed by atoms with van der Waals surface area (Å²) in [5.41, 5.74) is 3.02. The molecule has 0 spiro atoms.